The minimum atomic E-state index is -0.693. The molecule has 1 aliphatic heterocycles. The van der Waals surface area contributed by atoms with Crippen molar-refractivity contribution in [2.24, 2.45) is 0 Å². The molecule has 1 saturated heterocycles. The molecule has 1 unspecified atom stereocenters. The van der Waals surface area contributed by atoms with Crippen LogP contribution in [0, 0.1) is 6.92 Å². The lowest BCUT2D eigenvalue weighted by molar-refractivity contribution is -0.132. The van der Waals surface area contributed by atoms with E-state index in [1.54, 1.807) is 18.2 Å². The van der Waals surface area contributed by atoms with Gasteiger partial charge in [0.1, 0.15) is 17.6 Å². The van der Waals surface area contributed by atoms with Gasteiger partial charge in [-0.3, -0.25) is 14.5 Å². The molecule has 4 rings (SSSR count). The summed E-state index contributed by atoms with van der Waals surface area (Å²) < 4.78 is 5.59. The van der Waals surface area contributed by atoms with Crippen molar-refractivity contribution in [2.45, 2.75) is 39.7 Å². The van der Waals surface area contributed by atoms with Crippen molar-refractivity contribution >= 4 is 34.5 Å². The number of aryl methyl sites for hydroxylation is 1. The Hall–Kier alpha value is -3.38. The lowest BCUT2D eigenvalue weighted by atomic mass is 9.98. The van der Waals surface area contributed by atoms with Gasteiger partial charge < -0.3 is 9.84 Å². The first-order valence-corrected chi connectivity index (χ1v) is 11.9. The Morgan fingerprint density at radius 3 is 2.42 bits per heavy atom. The van der Waals surface area contributed by atoms with Gasteiger partial charge in [0.05, 0.1) is 12.2 Å². The zero-order valence-corrected chi connectivity index (χ0v) is 20.0. The predicted octanol–water partition coefficient (Wildman–Crippen LogP) is 6.20. The lowest BCUT2D eigenvalue weighted by Crippen LogP contribution is -2.29. The van der Waals surface area contributed by atoms with E-state index in [-0.39, 0.29) is 11.3 Å². The number of ether oxygens (including phenoxy) is 1. The highest BCUT2D eigenvalue weighted by Crippen LogP contribution is 2.44. The first-order chi connectivity index (χ1) is 15.8. The molecule has 1 amide bonds. The van der Waals surface area contributed by atoms with Gasteiger partial charge in [-0.05, 0) is 72.7 Å². The van der Waals surface area contributed by atoms with Crippen LogP contribution < -0.4 is 9.64 Å². The molecule has 33 heavy (non-hydrogen) atoms. The second kappa shape index (κ2) is 9.24. The molecule has 0 aliphatic carbocycles. The van der Waals surface area contributed by atoms with Gasteiger partial charge in [0.25, 0.3) is 11.7 Å². The van der Waals surface area contributed by atoms with E-state index in [4.69, 9.17) is 4.74 Å². The van der Waals surface area contributed by atoms with E-state index in [1.807, 2.05) is 55.6 Å². The number of benzene rings is 2. The van der Waals surface area contributed by atoms with Gasteiger partial charge in [0.15, 0.2) is 0 Å². The Kier molecular flexibility index (Phi) is 6.38. The van der Waals surface area contributed by atoms with Crippen LogP contribution in [0.15, 0.2) is 65.6 Å². The van der Waals surface area contributed by atoms with Gasteiger partial charge in [-0.2, -0.15) is 0 Å². The van der Waals surface area contributed by atoms with Crippen LogP contribution in [0.5, 0.6) is 5.75 Å². The van der Waals surface area contributed by atoms with Crippen molar-refractivity contribution in [3.8, 4) is 5.75 Å². The summed E-state index contributed by atoms with van der Waals surface area (Å²) in [4.78, 5) is 28.7. The number of carbonyl (C=O) groups excluding carboxylic acids is 2. The highest BCUT2D eigenvalue weighted by atomic mass is 32.1. The minimum absolute atomic E-state index is 0.0962. The van der Waals surface area contributed by atoms with E-state index in [2.05, 4.69) is 13.8 Å². The van der Waals surface area contributed by atoms with E-state index in [1.165, 1.54) is 16.2 Å². The maximum absolute atomic E-state index is 13.2. The van der Waals surface area contributed by atoms with Crippen LogP contribution in [0.3, 0.4) is 0 Å². The Morgan fingerprint density at radius 1 is 1.12 bits per heavy atom. The standard InChI is InChI=1S/C27H27NO4S/c1-5-32-21-13-10-19(15-17(21)4)25(29)23-24(22-7-6-14-33-22)28(27(31)26(23)30)20-11-8-18(9-12-20)16(2)3/h6-16,24,29H,5H2,1-4H3/b25-23-. The zero-order valence-electron chi connectivity index (χ0n) is 19.2. The number of anilines is 1. The number of hydrogen-bond acceptors (Lipinski definition) is 5. The van der Waals surface area contributed by atoms with E-state index < -0.39 is 17.7 Å². The van der Waals surface area contributed by atoms with Gasteiger partial charge in [-0.1, -0.05) is 32.0 Å². The van der Waals surface area contributed by atoms with Gasteiger partial charge in [-0.15, -0.1) is 11.3 Å². The average molecular weight is 462 g/mol. The molecule has 1 atom stereocenters. The SMILES string of the molecule is CCOc1ccc(/C(O)=C2/C(=O)C(=O)N(c3ccc(C(C)C)cc3)C2c2cccs2)cc1C. The number of nitrogens with zero attached hydrogens (tertiary/aromatic N) is 1. The maximum atomic E-state index is 13.2. The third kappa shape index (κ3) is 4.18. The second-order valence-corrected chi connectivity index (χ2v) is 9.32. The van der Waals surface area contributed by atoms with Crippen LogP contribution in [0.4, 0.5) is 5.69 Å². The average Bonchev–Trinajstić information content (AvgIpc) is 3.42. The Balaban J connectivity index is 1.84. The Morgan fingerprint density at radius 2 is 1.85 bits per heavy atom. The van der Waals surface area contributed by atoms with Gasteiger partial charge in [-0.25, -0.2) is 0 Å². The lowest BCUT2D eigenvalue weighted by Gasteiger charge is -2.24. The highest BCUT2D eigenvalue weighted by molar-refractivity contribution is 7.10. The quantitative estimate of drug-likeness (QED) is 0.269. The molecule has 0 spiro atoms. The zero-order chi connectivity index (χ0) is 23.7. The number of aliphatic hydroxyl groups is 1. The molecule has 0 saturated carbocycles. The molecule has 1 fully saturated rings. The summed E-state index contributed by atoms with van der Waals surface area (Å²) in [5, 5.41) is 13.1. The topological polar surface area (TPSA) is 66.8 Å². The maximum Gasteiger partial charge on any atom is 0.300 e. The molecule has 3 aromatic rings. The number of rotatable bonds is 6. The number of ketones is 1. The minimum Gasteiger partial charge on any atom is -0.507 e. The van der Waals surface area contributed by atoms with Crippen molar-refractivity contribution in [1.29, 1.82) is 0 Å². The number of hydrogen-bond donors (Lipinski definition) is 1. The van der Waals surface area contributed by atoms with E-state index in [9.17, 15) is 14.7 Å². The molecule has 0 radical (unpaired) electrons. The Labute approximate surface area is 197 Å². The molecular weight excluding hydrogens is 434 g/mol. The molecular formula is C27H27NO4S. The fourth-order valence-corrected chi connectivity index (χ4v) is 4.93. The predicted molar refractivity (Wildman–Crippen MR) is 132 cm³/mol. The summed E-state index contributed by atoms with van der Waals surface area (Å²) >= 11 is 1.45. The first kappa shape index (κ1) is 22.8. The van der Waals surface area contributed by atoms with Crippen LogP contribution in [-0.4, -0.2) is 23.4 Å². The fraction of sp³-hybridized carbons (Fsp3) is 0.259. The summed E-state index contributed by atoms with van der Waals surface area (Å²) in [5.74, 6) is -0.445. The van der Waals surface area contributed by atoms with Crippen molar-refractivity contribution in [3.05, 3.63) is 87.1 Å². The number of carbonyl (C=O) groups is 2. The molecule has 6 heteroatoms. The van der Waals surface area contributed by atoms with E-state index >= 15 is 0 Å². The number of amides is 1. The molecule has 0 bridgehead atoms. The molecule has 5 nitrogen and oxygen atoms in total. The summed E-state index contributed by atoms with van der Waals surface area (Å²) in [6.07, 6.45) is 0. The summed E-state index contributed by atoms with van der Waals surface area (Å²) in [5.41, 5.74) is 3.19. The van der Waals surface area contributed by atoms with Crippen LogP contribution in [-0.2, 0) is 9.59 Å². The molecule has 1 N–H and O–H groups in total. The smallest absolute Gasteiger partial charge is 0.300 e. The molecule has 2 heterocycles. The normalized spacial score (nSPS) is 17.7. The number of Topliss-reactive ketones (excluding diaryl/α,β-unsaturated/α-hetero) is 1. The molecule has 170 valence electrons. The Bertz CT molecular complexity index is 1210. The summed E-state index contributed by atoms with van der Waals surface area (Å²) in [7, 11) is 0. The van der Waals surface area contributed by atoms with Crippen LogP contribution in [0.1, 0.15) is 54.3 Å². The largest absolute Gasteiger partial charge is 0.507 e. The second-order valence-electron chi connectivity index (χ2n) is 8.34. The van der Waals surface area contributed by atoms with Gasteiger partial charge >= 0.3 is 0 Å². The molecule has 1 aromatic heterocycles. The number of aliphatic hydroxyl groups excluding tert-OH is 1. The first-order valence-electron chi connectivity index (χ1n) is 11.0. The monoisotopic (exact) mass is 461 g/mol. The summed E-state index contributed by atoms with van der Waals surface area (Å²) in [6, 6.07) is 16.0. The third-order valence-corrected chi connectivity index (χ3v) is 6.77. The summed E-state index contributed by atoms with van der Waals surface area (Å²) in [6.45, 7) is 8.53. The van der Waals surface area contributed by atoms with E-state index in [0.717, 1.165) is 21.8 Å². The highest BCUT2D eigenvalue weighted by Gasteiger charge is 2.47. The van der Waals surface area contributed by atoms with Gasteiger partial charge in [0.2, 0.25) is 0 Å². The third-order valence-electron chi connectivity index (χ3n) is 5.84. The van der Waals surface area contributed by atoms with Crippen LogP contribution in [0.25, 0.3) is 5.76 Å². The van der Waals surface area contributed by atoms with Crippen molar-refractivity contribution in [2.75, 3.05) is 11.5 Å². The van der Waals surface area contributed by atoms with E-state index in [0.29, 0.717) is 23.8 Å². The number of thiophene rings is 1. The van der Waals surface area contributed by atoms with Gasteiger partial charge in [0, 0.05) is 16.1 Å². The molecule has 2 aromatic carbocycles. The van der Waals surface area contributed by atoms with Crippen molar-refractivity contribution in [3.63, 3.8) is 0 Å². The van der Waals surface area contributed by atoms with Crippen LogP contribution >= 0.6 is 11.3 Å². The van der Waals surface area contributed by atoms with Crippen LogP contribution in [0.2, 0.25) is 0 Å². The van der Waals surface area contributed by atoms with Crippen molar-refractivity contribution in [1.82, 2.24) is 0 Å². The molecule has 1 aliphatic rings. The van der Waals surface area contributed by atoms with Crippen molar-refractivity contribution < 1.29 is 19.4 Å². The fourth-order valence-electron chi connectivity index (χ4n) is 4.10.